The summed E-state index contributed by atoms with van der Waals surface area (Å²) in [4.78, 5) is 25.5. The lowest BCUT2D eigenvalue weighted by Gasteiger charge is -2.34. The van der Waals surface area contributed by atoms with Crippen LogP contribution >= 0.6 is 0 Å². The number of aryl methyl sites for hydroxylation is 1. The Morgan fingerprint density at radius 1 is 1.26 bits per heavy atom. The van der Waals surface area contributed by atoms with Crippen LogP contribution in [0.4, 0.5) is 4.39 Å². The monoisotopic (exact) mass is 370 g/mol. The minimum absolute atomic E-state index is 0.00221. The van der Waals surface area contributed by atoms with Crippen LogP contribution in [0.25, 0.3) is 0 Å². The van der Waals surface area contributed by atoms with Gasteiger partial charge in [-0.25, -0.2) is 14.4 Å². The maximum atomic E-state index is 13.2. The molecule has 1 atom stereocenters. The first-order valence-corrected chi connectivity index (χ1v) is 9.50. The summed E-state index contributed by atoms with van der Waals surface area (Å²) < 4.78 is 13.2. The molecule has 1 aliphatic rings. The fourth-order valence-corrected chi connectivity index (χ4v) is 3.67. The summed E-state index contributed by atoms with van der Waals surface area (Å²) in [5.74, 6) is 0.182. The molecular formula is C21H27FN4O. The topological polar surface area (TPSA) is 49.3 Å². The molecule has 1 unspecified atom stereocenters. The number of amides is 1. The Morgan fingerprint density at radius 2 is 2.00 bits per heavy atom. The zero-order chi connectivity index (χ0) is 19.4. The third kappa shape index (κ3) is 4.69. The van der Waals surface area contributed by atoms with Gasteiger partial charge in [-0.2, -0.15) is 0 Å². The number of nitrogens with zero attached hydrogens (tertiary/aromatic N) is 4. The highest BCUT2D eigenvalue weighted by Gasteiger charge is 2.30. The fraction of sp³-hybridized carbons (Fsp3) is 0.476. The Labute approximate surface area is 160 Å². The highest BCUT2D eigenvalue weighted by Crippen LogP contribution is 2.21. The van der Waals surface area contributed by atoms with Crippen molar-refractivity contribution in [2.24, 2.45) is 5.92 Å². The molecule has 1 aromatic carbocycles. The molecular weight excluding hydrogens is 343 g/mol. The summed E-state index contributed by atoms with van der Waals surface area (Å²) >= 11 is 0. The van der Waals surface area contributed by atoms with E-state index in [1.165, 1.54) is 18.5 Å². The molecule has 0 radical (unpaired) electrons. The van der Waals surface area contributed by atoms with Crippen LogP contribution in [0, 0.1) is 18.7 Å². The number of benzene rings is 1. The van der Waals surface area contributed by atoms with E-state index < -0.39 is 0 Å². The number of carbonyl (C=O) groups excluding carboxylic acids is 1. The van der Waals surface area contributed by atoms with Crippen molar-refractivity contribution >= 4 is 5.91 Å². The second-order valence-corrected chi connectivity index (χ2v) is 7.53. The molecule has 0 bridgehead atoms. The van der Waals surface area contributed by atoms with Gasteiger partial charge in [-0.15, -0.1) is 0 Å². The van der Waals surface area contributed by atoms with Gasteiger partial charge in [0, 0.05) is 38.4 Å². The van der Waals surface area contributed by atoms with E-state index in [1.807, 2.05) is 24.0 Å². The van der Waals surface area contributed by atoms with Gasteiger partial charge >= 0.3 is 0 Å². The standard InChI is InChI=1S/C21H27FN4O/c1-15(2)20-13-26(21(27)19-11-23-14-24-16(19)3)10-4-9-25(20)12-17-5-7-18(22)8-6-17/h5-8,11,14-15,20H,4,9-10,12-13H2,1-3H3. The molecule has 1 aliphatic heterocycles. The Bertz CT molecular complexity index is 778. The predicted octanol–water partition coefficient (Wildman–Crippen LogP) is 3.30. The highest BCUT2D eigenvalue weighted by molar-refractivity contribution is 5.94. The van der Waals surface area contributed by atoms with Crippen LogP contribution in [-0.4, -0.2) is 51.4 Å². The van der Waals surface area contributed by atoms with Crippen LogP contribution in [0.15, 0.2) is 36.8 Å². The van der Waals surface area contributed by atoms with Gasteiger partial charge in [0.15, 0.2) is 0 Å². The second-order valence-electron chi connectivity index (χ2n) is 7.53. The maximum absolute atomic E-state index is 13.2. The summed E-state index contributed by atoms with van der Waals surface area (Å²) in [6.45, 7) is 9.28. The van der Waals surface area contributed by atoms with Gasteiger partial charge in [-0.1, -0.05) is 26.0 Å². The van der Waals surface area contributed by atoms with Crippen molar-refractivity contribution in [3.63, 3.8) is 0 Å². The lowest BCUT2D eigenvalue weighted by molar-refractivity contribution is 0.0700. The summed E-state index contributed by atoms with van der Waals surface area (Å²) in [6.07, 6.45) is 3.98. The van der Waals surface area contributed by atoms with Crippen LogP contribution < -0.4 is 0 Å². The van der Waals surface area contributed by atoms with Crippen molar-refractivity contribution in [1.29, 1.82) is 0 Å². The Morgan fingerprint density at radius 3 is 2.67 bits per heavy atom. The number of aromatic nitrogens is 2. The predicted molar refractivity (Wildman–Crippen MR) is 103 cm³/mol. The van der Waals surface area contributed by atoms with Crippen molar-refractivity contribution in [3.8, 4) is 0 Å². The number of rotatable bonds is 4. The summed E-state index contributed by atoms with van der Waals surface area (Å²) in [7, 11) is 0. The van der Waals surface area contributed by atoms with E-state index in [2.05, 4.69) is 28.7 Å². The van der Waals surface area contributed by atoms with Crippen LogP contribution in [0.3, 0.4) is 0 Å². The van der Waals surface area contributed by atoms with E-state index in [9.17, 15) is 9.18 Å². The molecule has 0 spiro atoms. The van der Waals surface area contributed by atoms with Gasteiger partial charge in [0.2, 0.25) is 0 Å². The van der Waals surface area contributed by atoms with Crippen molar-refractivity contribution in [1.82, 2.24) is 19.8 Å². The van der Waals surface area contributed by atoms with Gasteiger partial charge in [-0.05, 0) is 37.0 Å². The van der Waals surface area contributed by atoms with Crippen molar-refractivity contribution in [3.05, 3.63) is 59.4 Å². The van der Waals surface area contributed by atoms with Gasteiger partial charge in [0.25, 0.3) is 5.91 Å². The van der Waals surface area contributed by atoms with E-state index in [-0.39, 0.29) is 17.8 Å². The molecule has 0 aliphatic carbocycles. The molecule has 2 heterocycles. The van der Waals surface area contributed by atoms with Crippen LogP contribution in [0.5, 0.6) is 0 Å². The van der Waals surface area contributed by atoms with E-state index in [1.54, 1.807) is 6.20 Å². The van der Waals surface area contributed by atoms with E-state index in [4.69, 9.17) is 0 Å². The first-order chi connectivity index (χ1) is 13.0. The van der Waals surface area contributed by atoms with Gasteiger partial charge < -0.3 is 4.90 Å². The lowest BCUT2D eigenvalue weighted by Crippen LogP contribution is -2.45. The molecule has 1 amide bonds. The van der Waals surface area contributed by atoms with E-state index in [0.29, 0.717) is 23.7 Å². The average molecular weight is 370 g/mol. The maximum Gasteiger partial charge on any atom is 0.257 e. The molecule has 3 rings (SSSR count). The van der Waals surface area contributed by atoms with E-state index >= 15 is 0 Å². The Balaban J connectivity index is 1.77. The zero-order valence-electron chi connectivity index (χ0n) is 16.2. The quantitative estimate of drug-likeness (QED) is 0.829. The molecule has 0 N–H and O–H groups in total. The second kappa shape index (κ2) is 8.57. The molecule has 5 nitrogen and oxygen atoms in total. The Hall–Kier alpha value is -2.34. The highest BCUT2D eigenvalue weighted by atomic mass is 19.1. The van der Waals surface area contributed by atoms with Gasteiger partial charge in [-0.3, -0.25) is 9.69 Å². The van der Waals surface area contributed by atoms with Gasteiger partial charge in [0.1, 0.15) is 12.1 Å². The largest absolute Gasteiger partial charge is 0.337 e. The smallest absolute Gasteiger partial charge is 0.257 e. The molecule has 1 fully saturated rings. The average Bonchev–Trinajstić information content (AvgIpc) is 2.86. The minimum atomic E-state index is -0.216. The summed E-state index contributed by atoms with van der Waals surface area (Å²) in [6, 6.07) is 6.93. The third-order valence-corrected chi connectivity index (χ3v) is 5.25. The first-order valence-electron chi connectivity index (χ1n) is 9.50. The lowest BCUT2D eigenvalue weighted by atomic mass is 10.0. The van der Waals surface area contributed by atoms with Gasteiger partial charge in [0.05, 0.1) is 11.3 Å². The first kappa shape index (κ1) is 19.4. The van der Waals surface area contributed by atoms with Crippen LogP contribution in [0.1, 0.15) is 41.9 Å². The fourth-order valence-electron chi connectivity index (χ4n) is 3.67. The molecule has 0 saturated carbocycles. The molecule has 2 aromatic rings. The van der Waals surface area contributed by atoms with Crippen molar-refractivity contribution < 1.29 is 9.18 Å². The molecule has 1 saturated heterocycles. The Kier molecular flexibility index (Phi) is 6.16. The SMILES string of the molecule is Cc1ncncc1C(=O)N1CCCN(Cc2ccc(F)cc2)C(C(C)C)C1. The molecule has 1 aromatic heterocycles. The summed E-state index contributed by atoms with van der Waals surface area (Å²) in [5, 5.41) is 0. The van der Waals surface area contributed by atoms with Crippen LogP contribution in [0.2, 0.25) is 0 Å². The number of carbonyl (C=O) groups is 1. The number of hydrogen-bond acceptors (Lipinski definition) is 4. The summed E-state index contributed by atoms with van der Waals surface area (Å²) in [5.41, 5.74) is 2.38. The third-order valence-electron chi connectivity index (χ3n) is 5.25. The molecule has 6 heteroatoms. The van der Waals surface area contributed by atoms with Crippen molar-refractivity contribution in [2.45, 2.75) is 39.8 Å². The minimum Gasteiger partial charge on any atom is -0.337 e. The number of halogens is 1. The normalized spacial score (nSPS) is 18.6. The molecule has 144 valence electrons. The van der Waals surface area contributed by atoms with E-state index in [0.717, 1.165) is 31.6 Å². The van der Waals surface area contributed by atoms with Crippen LogP contribution in [-0.2, 0) is 6.54 Å². The number of hydrogen-bond donors (Lipinski definition) is 0. The zero-order valence-corrected chi connectivity index (χ0v) is 16.2. The van der Waals surface area contributed by atoms with Crippen molar-refractivity contribution in [2.75, 3.05) is 19.6 Å². The molecule has 27 heavy (non-hydrogen) atoms.